The Morgan fingerprint density at radius 2 is 1.65 bits per heavy atom. The number of alkyl halides is 3. The van der Waals surface area contributed by atoms with Gasteiger partial charge < -0.3 is 0 Å². The van der Waals surface area contributed by atoms with Gasteiger partial charge in [-0.05, 0) is 23.8 Å². The first-order valence-electron chi connectivity index (χ1n) is 4.50. The molecular weight excluding hydrogens is 320 g/mol. The summed E-state index contributed by atoms with van der Waals surface area (Å²) in [4.78, 5) is 0.266. The first kappa shape index (κ1) is 12.6. The second kappa shape index (κ2) is 4.42. The van der Waals surface area contributed by atoms with Crippen molar-refractivity contribution in [3.63, 3.8) is 0 Å². The lowest BCUT2D eigenvalue weighted by Gasteiger charge is -2.01. The Labute approximate surface area is 107 Å². The van der Waals surface area contributed by atoms with Crippen LogP contribution in [0, 0.1) is 5.13 Å². The lowest BCUT2D eigenvalue weighted by Crippen LogP contribution is -2.04. The number of benzene rings is 1. The molecule has 0 aliphatic rings. The molecule has 17 heavy (non-hydrogen) atoms. The number of hydrogen-bond acceptors (Lipinski definition) is 1. The van der Waals surface area contributed by atoms with Gasteiger partial charge in [-0.15, -0.1) is 11.3 Å². The lowest BCUT2D eigenvalue weighted by molar-refractivity contribution is -0.139. The molecule has 1 aromatic heterocycles. The lowest BCUT2D eigenvalue weighted by atomic mass is 10.1. The van der Waals surface area contributed by atoms with Gasteiger partial charge in [-0.25, -0.2) is 0 Å². The van der Waals surface area contributed by atoms with Crippen LogP contribution in [0.4, 0.5) is 17.6 Å². The van der Waals surface area contributed by atoms with E-state index < -0.39 is 16.9 Å². The van der Waals surface area contributed by atoms with E-state index in [2.05, 4.69) is 15.9 Å². The summed E-state index contributed by atoms with van der Waals surface area (Å²) in [5.41, 5.74) is -0.645. The minimum atomic E-state index is -4.64. The maximum atomic E-state index is 13.2. The van der Waals surface area contributed by atoms with Crippen LogP contribution >= 0.6 is 27.3 Å². The van der Waals surface area contributed by atoms with E-state index in [0.717, 1.165) is 10.5 Å². The molecule has 0 saturated carbocycles. The highest BCUT2D eigenvalue weighted by molar-refractivity contribution is 9.10. The Kier molecular flexibility index (Phi) is 3.27. The second-order valence-corrected chi connectivity index (χ2v) is 5.22. The highest BCUT2D eigenvalue weighted by Crippen LogP contribution is 2.39. The fourth-order valence-corrected chi connectivity index (χ4v) is 2.49. The minimum absolute atomic E-state index is 0.266. The summed E-state index contributed by atoms with van der Waals surface area (Å²) in [5, 5.41) is -1.20. The van der Waals surface area contributed by atoms with Gasteiger partial charge in [0.25, 0.3) is 0 Å². The molecule has 1 heterocycles. The summed E-state index contributed by atoms with van der Waals surface area (Å²) < 4.78 is 51.2. The monoisotopic (exact) mass is 324 g/mol. The highest BCUT2D eigenvalue weighted by Gasteiger charge is 2.36. The van der Waals surface area contributed by atoms with Crippen LogP contribution in [0.1, 0.15) is 5.56 Å². The van der Waals surface area contributed by atoms with Gasteiger partial charge in [-0.2, -0.15) is 17.6 Å². The number of rotatable bonds is 1. The van der Waals surface area contributed by atoms with Crippen molar-refractivity contribution >= 4 is 27.3 Å². The van der Waals surface area contributed by atoms with E-state index in [1.165, 1.54) is 0 Å². The van der Waals surface area contributed by atoms with E-state index in [1.807, 2.05) is 0 Å². The summed E-state index contributed by atoms with van der Waals surface area (Å²) in [5.74, 6) is 0. The summed E-state index contributed by atoms with van der Waals surface area (Å²) in [7, 11) is 0. The van der Waals surface area contributed by atoms with E-state index in [-0.39, 0.29) is 4.88 Å². The summed E-state index contributed by atoms with van der Waals surface area (Å²) in [6.45, 7) is 0. The zero-order valence-corrected chi connectivity index (χ0v) is 10.6. The molecule has 2 rings (SSSR count). The smallest absolute Gasteiger partial charge is 0.194 e. The van der Waals surface area contributed by atoms with Crippen molar-refractivity contribution < 1.29 is 17.6 Å². The fraction of sp³-hybridized carbons (Fsp3) is 0.0909. The Hall–Kier alpha value is -0.880. The van der Waals surface area contributed by atoms with Crippen LogP contribution in [0.15, 0.2) is 34.8 Å². The van der Waals surface area contributed by atoms with E-state index in [1.54, 1.807) is 24.3 Å². The van der Waals surface area contributed by atoms with Crippen LogP contribution in [0.25, 0.3) is 10.4 Å². The van der Waals surface area contributed by atoms with Gasteiger partial charge >= 0.3 is 6.18 Å². The Balaban J connectivity index is 2.45. The molecule has 0 unspecified atom stereocenters. The van der Waals surface area contributed by atoms with Crippen molar-refractivity contribution in [1.82, 2.24) is 0 Å². The molecule has 0 aliphatic heterocycles. The molecule has 6 heteroatoms. The fourth-order valence-electron chi connectivity index (χ4n) is 1.32. The largest absolute Gasteiger partial charge is 0.420 e. The van der Waals surface area contributed by atoms with Gasteiger partial charge in [0, 0.05) is 9.35 Å². The molecule has 0 aliphatic carbocycles. The highest BCUT2D eigenvalue weighted by atomic mass is 79.9. The maximum Gasteiger partial charge on any atom is 0.420 e. The van der Waals surface area contributed by atoms with Crippen molar-refractivity contribution in [3.8, 4) is 10.4 Å². The van der Waals surface area contributed by atoms with Crippen LogP contribution in [-0.4, -0.2) is 0 Å². The van der Waals surface area contributed by atoms with Crippen LogP contribution in [-0.2, 0) is 6.18 Å². The molecule has 0 fully saturated rings. The molecule has 0 bridgehead atoms. The standard InChI is InChI=1S/C11H5BrF4S/c12-7-3-1-6(2-4-7)9-5-8(10(13)17-9)11(14,15)16/h1-5H. The van der Waals surface area contributed by atoms with Crippen molar-refractivity contribution in [3.05, 3.63) is 45.5 Å². The predicted octanol–water partition coefficient (Wildman–Crippen LogP) is 5.34. The molecule has 0 amide bonds. The van der Waals surface area contributed by atoms with E-state index >= 15 is 0 Å². The van der Waals surface area contributed by atoms with Crippen LogP contribution in [0.5, 0.6) is 0 Å². The predicted molar refractivity (Wildman–Crippen MR) is 62.4 cm³/mol. The molecule has 0 radical (unpaired) electrons. The molecule has 0 spiro atoms. The molecule has 0 nitrogen and oxygen atoms in total. The SMILES string of the molecule is Fc1sc(-c2ccc(Br)cc2)cc1C(F)(F)F. The third kappa shape index (κ3) is 2.69. The molecule has 0 atom stereocenters. The van der Waals surface area contributed by atoms with Crippen molar-refractivity contribution in [2.24, 2.45) is 0 Å². The first-order chi connectivity index (χ1) is 7.88. The van der Waals surface area contributed by atoms with Gasteiger partial charge in [-0.3, -0.25) is 0 Å². The van der Waals surface area contributed by atoms with Crippen LogP contribution < -0.4 is 0 Å². The zero-order valence-electron chi connectivity index (χ0n) is 8.18. The normalized spacial score (nSPS) is 11.8. The zero-order chi connectivity index (χ0) is 12.6. The number of thiophene rings is 1. The van der Waals surface area contributed by atoms with E-state index in [0.29, 0.717) is 16.9 Å². The van der Waals surface area contributed by atoms with E-state index in [9.17, 15) is 17.6 Å². The van der Waals surface area contributed by atoms with Crippen molar-refractivity contribution in [2.45, 2.75) is 6.18 Å². The first-order valence-corrected chi connectivity index (χ1v) is 6.11. The van der Waals surface area contributed by atoms with Gasteiger partial charge in [0.1, 0.15) is 5.56 Å². The van der Waals surface area contributed by atoms with Crippen molar-refractivity contribution in [1.29, 1.82) is 0 Å². The average molecular weight is 325 g/mol. The Bertz CT molecular complexity index is 527. The number of hydrogen-bond donors (Lipinski definition) is 0. The van der Waals surface area contributed by atoms with Gasteiger partial charge in [-0.1, -0.05) is 28.1 Å². The Morgan fingerprint density at radius 1 is 1.06 bits per heavy atom. The Morgan fingerprint density at radius 3 is 2.12 bits per heavy atom. The quantitative estimate of drug-likeness (QED) is 0.621. The van der Waals surface area contributed by atoms with E-state index in [4.69, 9.17) is 0 Å². The molecule has 90 valence electrons. The van der Waals surface area contributed by atoms with Crippen molar-refractivity contribution in [2.75, 3.05) is 0 Å². The molecule has 0 N–H and O–H groups in total. The third-order valence-electron chi connectivity index (χ3n) is 2.12. The molecule has 2 aromatic rings. The van der Waals surface area contributed by atoms with Gasteiger partial charge in [0.2, 0.25) is 0 Å². The van der Waals surface area contributed by atoms with Crippen LogP contribution in [0.3, 0.4) is 0 Å². The third-order valence-corrected chi connectivity index (χ3v) is 3.62. The van der Waals surface area contributed by atoms with Gasteiger partial charge in [0.05, 0.1) is 0 Å². The molecular formula is C11H5BrF4S. The topological polar surface area (TPSA) is 0 Å². The summed E-state index contributed by atoms with van der Waals surface area (Å²) >= 11 is 3.72. The maximum absolute atomic E-state index is 13.2. The minimum Gasteiger partial charge on any atom is -0.194 e. The average Bonchev–Trinajstić information content (AvgIpc) is 2.61. The van der Waals surface area contributed by atoms with Gasteiger partial charge in [0.15, 0.2) is 5.13 Å². The molecule has 0 saturated heterocycles. The summed E-state index contributed by atoms with van der Waals surface area (Å²) in [6, 6.07) is 7.49. The summed E-state index contributed by atoms with van der Waals surface area (Å²) in [6.07, 6.45) is -4.64. The number of halogens is 5. The second-order valence-electron chi connectivity index (χ2n) is 3.30. The van der Waals surface area contributed by atoms with Crippen LogP contribution in [0.2, 0.25) is 0 Å². The molecule has 1 aromatic carbocycles.